The fourth-order valence-electron chi connectivity index (χ4n) is 2.48. The second kappa shape index (κ2) is 8.48. The van der Waals surface area contributed by atoms with Crippen molar-refractivity contribution in [1.29, 1.82) is 0 Å². The minimum Gasteiger partial charge on any atom is -0.466 e. The molecule has 2 aromatic rings. The van der Waals surface area contributed by atoms with Crippen molar-refractivity contribution < 1.29 is 23.2 Å². The number of hydrazine groups is 1. The lowest BCUT2D eigenvalue weighted by atomic mass is 10.0. The molecule has 3 N–H and O–H groups in total. The molecule has 0 fully saturated rings. The summed E-state index contributed by atoms with van der Waals surface area (Å²) >= 11 is 0. The Morgan fingerprint density at radius 2 is 1.63 bits per heavy atom. The predicted octanol–water partition coefficient (Wildman–Crippen LogP) is 2.25. The first kappa shape index (κ1) is 20.2. The van der Waals surface area contributed by atoms with Crippen molar-refractivity contribution in [2.75, 3.05) is 0 Å². The highest BCUT2D eigenvalue weighted by Crippen LogP contribution is 2.13. The van der Waals surface area contributed by atoms with Crippen molar-refractivity contribution in [2.45, 2.75) is 33.7 Å². The van der Waals surface area contributed by atoms with E-state index in [2.05, 4.69) is 16.2 Å². The van der Waals surface area contributed by atoms with Crippen molar-refractivity contribution >= 4 is 17.7 Å². The maximum absolute atomic E-state index is 13.0. The van der Waals surface area contributed by atoms with Crippen LogP contribution in [0.5, 0.6) is 0 Å². The van der Waals surface area contributed by atoms with E-state index < -0.39 is 29.6 Å². The van der Waals surface area contributed by atoms with Crippen molar-refractivity contribution in [1.82, 2.24) is 16.2 Å². The molecule has 0 unspecified atom stereocenters. The number of carbonyl (C=O) groups excluding carboxylic acids is 3. The Labute approximate surface area is 156 Å². The van der Waals surface area contributed by atoms with Crippen LogP contribution in [0.3, 0.4) is 0 Å². The first-order valence-corrected chi connectivity index (χ1v) is 8.42. The van der Waals surface area contributed by atoms with Crippen molar-refractivity contribution in [3.63, 3.8) is 0 Å². The van der Waals surface area contributed by atoms with E-state index in [0.717, 1.165) is 12.1 Å². The Morgan fingerprint density at radius 1 is 1.00 bits per heavy atom. The van der Waals surface area contributed by atoms with Gasteiger partial charge in [0.05, 0.1) is 5.56 Å². The van der Waals surface area contributed by atoms with Gasteiger partial charge in [0.25, 0.3) is 17.7 Å². The SMILES string of the molecule is Cc1cc(C(=O)NNC(=O)[C@@H](NC(=O)c2ccc(F)cc2)C(C)C)c(C)o1. The molecule has 8 heteroatoms. The summed E-state index contributed by atoms with van der Waals surface area (Å²) in [5, 5.41) is 2.59. The van der Waals surface area contributed by atoms with Crippen LogP contribution < -0.4 is 16.2 Å². The molecule has 1 atom stereocenters. The molecule has 0 spiro atoms. The molecule has 0 aliphatic rings. The summed E-state index contributed by atoms with van der Waals surface area (Å²) in [6.45, 7) is 6.85. The lowest BCUT2D eigenvalue weighted by Gasteiger charge is -2.21. The van der Waals surface area contributed by atoms with Crippen LogP contribution in [0.25, 0.3) is 0 Å². The summed E-state index contributed by atoms with van der Waals surface area (Å²) in [6.07, 6.45) is 0. The van der Waals surface area contributed by atoms with Gasteiger partial charge in [0.15, 0.2) is 0 Å². The molecule has 1 aromatic heterocycles. The molecule has 27 heavy (non-hydrogen) atoms. The van der Waals surface area contributed by atoms with E-state index in [0.29, 0.717) is 17.1 Å². The second-order valence-corrected chi connectivity index (χ2v) is 6.47. The van der Waals surface area contributed by atoms with Gasteiger partial charge in [0.1, 0.15) is 23.4 Å². The number of rotatable bonds is 5. The smallest absolute Gasteiger partial charge is 0.273 e. The number of benzene rings is 1. The quantitative estimate of drug-likeness (QED) is 0.698. The van der Waals surface area contributed by atoms with Crippen LogP contribution in [0.15, 0.2) is 34.7 Å². The third kappa shape index (κ3) is 5.16. The lowest BCUT2D eigenvalue weighted by Crippen LogP contribution is -2.54. The number of amides is 3. The molecule has 1 aromatic carbocycles. The topological polar surface area (TPSA) is 100 Å². The summed E-state index contributed by atoms with van der Waals surface area (Å²) in [5.74, 6) is -1.31. The van der Waals surface area contributed by atoms with Gasteiger partial charge in [-0.05, 0) is 50.1 Å². The Hall–Kier alpha value is -3.16. The lowest BCUT2D eigenvalue weighted by molar-refractivity contribution is -0.124. The molecule has 2 rings (SSSR count). The molecule has 144 valence electrons. The Morgan fingerprint density at radius 3 is 2.15 bits per heavy atom. The van der Waals surface area contributed by atoms with E-state index in [9.17, 15) is 18.8 Å². The standard InChI is InChI=1S/C19H22FN3O4/c1-10(2)16(21-17(24)13-5-7-14(20)8-6-13)19(26)23-22-18(25)15-9-11(3)27-12(15)4/h5-10,16H,1-4H3,(H,21,24)(H,22,25)(H,23,26)/t16-/m0/s1. The van der Waals surface area contributed by atoms with Crippen molar-refractivity contribution in [3.8, 4) is 0 Å². The van der Waals surface area contributed by atoms with Gasteiger partial charge in [-0.3, -0.25) is 25.2 Å². The van der Waals surface area contributed by atoms with Gasteiger partial charge in [0, 0.05) is 5.56 Å². The molecule has 0 saturated heterocycles. The maximum Gasteiger partial charge on any atom is 0.273 e. The highest BCUT2D eigenvalue weighted by molar-refractivity contribution is 5.99. The molecule has 1 heterocycles. The fourth-order valence-corrected chi connectivity index (χ4v) is 2.48. The van der Waals surface area contributed by atoms with Gasteiger partial charge < -0.3 is 9.73 Å². The highest BCUT2D eigenvalue weighted by atomic mass is 19.1. The van der Waals surface area contributed by atoms with E-state index in [1.54, 1.807) is 33.8 Å². The third-order valence-corrected chi connectivity index (χ3v) is 3.93. The largest absolute Gasteiger partial charge is 0.466 e. The van der Waals surface area contributed by atoms with Gasteiger partial charge in [-0.1, -0.05) is 13.8 Å². The van der Waals surface area contributed by atoms with Gasteiger partial charge in [-0.15, -0.1) is 0 Å². The van der Waals surface area contributed by atoms with Crippen LogP contribution in [-0.2, 0) is 4.79 Å². The second-order valence-electron chi connectivity index (χ2n) is 6.47. The molecule has 0 bridgehead atoms. The highest BCUT2D eigenvalue weighted by Gasteiger charge is 2.25. The molecular formula is C19H22FN3O4. The van der Waals surface area contributed by atoms with Crippen LogP contribution in [0.1, 0.15) is 46.1 Å². The van der Waals surface area contributed by atoms with Gasteiger partial charge in [-0.2, -0.15) is 0 Å². The van der Waals surface area contributed by atoms with E-state index >= 15 is 0 Å². The van der Waals surface area contributed by atoms with Crippen LogP contribution in [0, 0.1) is 25.6 Å². The summed E-state index contributed by atoms with van der Waals surface area (Å²) in [5.41, 5.74) is 5.15. The number of hydrogen-bond acceptors (Lipinski definition) is 4. The molecular weight excluding hydrogens is 353 g/mol. The predicted molar refractivity (Wildman–Crippen MR) is 96.3 cm³/mol. The van der Waals surface area contributed by atoms with Crippen LogP contribution in [0.2, 0.25) is 0 Å². The third-order valence-electron chi connectivity index (χ3n) is 3.93. The Bertz CT molecular complexity index is 843. The van der Waals surface area contributed by atoms with Gasteiger partial charge >= 0.3 is 0 Å². The first-order valence-electron chi connectivity index (χ1n) is 8.42. The van der Waals surface area contributed by atoms with Crippen LogP contribution in [0.4, 0.5) is 4.39 Å². The summed E-state index contributed by atoms with van der Waals surface area (Å²) in [7, 11) is 0. The Kier molecular flexibility index (Phi) is 6.33. The monoisotopic (exact) mass is 375 g/mol. The van der Waals surface area contributed by atoms with Gasteiger partial charge in [0.2, 0.25) is 0 Å². The van der Waals surface area contributed by atoms with Crippen LogP contribution >= 0.6 is 0 Å². The first-order chi connectivity index (χ1) is 12.7. The number of halogens is 1. The summed E-state index contributed by atoms with van der Waals surface area (Å²) in [4.78, 5) is 36.8. The number of aryl methyl sites for hydroxylation is 2. The van der Waals surface area contributed by atoms with Crippen molar-refractivity contribution in [3.05, 3.63) is 58.8 Å². The van der Waals surface area contributed by atoms with E-state index in [-0.39, 0.29) is 11.5 Å². The van der Waals surface area contributed by atoms with Crippen LogP contribution in [-0.4, -0.2) is 23.8 Å². The number of hydrogen-bond donors (Lipinski definition) is 3. The number of nitrogens with one attached hydrogen (secondary N) is 3. The number of furan rings is 1. The zero-order chi connectivity index (χ0) is 20.1. The average Bonchev–Trinajstić information content (AvgIpc) is 2.95. The molecule has 7 nitrogen and oxygen atoms in total. The van der Waals surface area contributed by atoms with Crippen molar-refractivity contribution in [2.24, 2.45) is 5.92 Å². The van der Waals surface area contributed by atoms with Gasteiger partial charge in [-0.25, -0.2) is 4.39 Å². The van der Waals surface area contributed by atoms with E-state index in [1.165, 1.54) is 12.1 Å². The fraction of sp³-hybridized carbons (Fsp3) is 0.316. The molecule has 0 aliphatic heterocycles. The summed E-state index contributed by atoms with van der Waals surface area (Å²) in [6, 6.07) is 5.64. The normalized spacial score (nSPS) is 11.8. The van der Waals surface area contributed by atoms with E-state index in [1.807, 2.05) is 0 Å². The molecule has 0 radical (unpaired) electrons. The average molecular weight is 375 g/mol. The summed E-state index contributed by atoms with van der Waals surface area (Å²) < 4.78 is 18.3. The zero-order valence-electron chi connectivity index (χ0n) is 15.6. The Balaban J connectivity index is 2.00. The molecule has 0 saturated carbocycles. The molecule has 0 aliphatic carbocycles. The maximum atomic E-state index is 13.0. The minimum atomic E-state index is -0.893. The molecule has 3 amide bonds. The minimum absolute atomic E-state index is 0.225. The zero-order valence-corrected chi connectivity index (χ0v) is 15.6. The van der Waals surface area contributed by atoms with E-state index in [4.69, 9.17) is 4.42 Å². The number of carbonyl (C=O) groups is 3.